The van der Waals surface area contributed by atoms with Crippen molar-refractivity contribution < 1.29 is 14.4 Å². The van der Waals surface area contributed by atoms with Gasteiger partial charge in [-0.15, -0.1) is 0 Å². The monoisotopic (exact) mass is 593 g/mol. The lowest BCUT2D eigenvalue weighted by Gasteiger charge is -2.26. The number of hydrogen-bond donors (Lipinski definition) is 2. The largest absolute Gasteiger partial charge is 0.360 e. The summed E-state index contributed by atoms with van der Waals surface area (Å²) in [5.41, 5.74) is 4.01. The highest BCUT2D eigenvalue weighted by atomic mass is 16.2. The number of para-hydroxylation sites is 3. The van der Waals surface area contributed by atoms with Gasteiger partial charge in [0.05, 0.1) is 29.2 Å². The molecule has 10 heteroatoms. The summed E-state index contributed by atoms with van der Waals surface area (Å²) < 4.78 is 1.93. The van der Waals surface area contributed by atoms with E-state index in [4.69, 9.17) is 0 Å². The molecular formula is C34H39N7O3. The number of benzene rings is 3. The Hall–Kier alpha value is -4.96. The molecule has 1 aromatic heterocycles. The van der Waals surface area contributed by atoms with Crippen molar-refractivity contribution in [1.82, 2.24) is 19.8 Å². The van der Waals surface area contributed by atoms with E-state index >= 15 is 0 Å². The van der Waals surface area contributed by atoms with Crippen LogP contribution in [0.4, 0.5) is 17.1 Å². The Bertz CT molecular complexity index is 1610. The van der Waals surface area contributed by atoms with E-state index in [0.717, 1.165) is 42.3 Å². The van der Waals surface area contributed by atoms with Crippen molar-refractivity contribution in [3.8, 4) is 5.69 Å². The molecular weight excluding hydrogens is 554 g/mol. The fourth-order valence-corrected chi connectivity index (χ4v) is 5.39. The van der Waals surface area contributed by atoms with Gasteiger partial charge < -0.3 is 29.9 Å². The predicted octanol–water partition coefficient (Wildman–Crippen LogP) is 4.22. The number of aromatic nitrogens is 2. The number of imidazole rings is 1. The number of fused-ring (bicyclic) bond motifs is 1. The smallest absolute Gasteiger partial charge is 0.258 e. The Kier molecular flexibility index (Phi) is 9.71. The second-order valence-corrected chi connectivity index (χ2v) is 11.0. The molecule has 0 unspecified atom stereocenters. The molecule has 0 spiro atoms. The molecule has 10 nitrogen and oxygen atoms in total. The molecule has 228 valence electrons. The summed E-state index contributed by atoms with van der Waals surface area (Å²) in [5, 5.41) is 5.95. The Balaban J connectivity index is 1.29. The van der Waals surface area contributed by atoms with Gasteiger partial charge in [-0.2, -0.15) is 0 Å². The summed E-state index contributed by atoms with van der Waals surface area (Å²) in [4.78, 5) is 50.0. The Morgan fingerprint density at radius 1 is 0.886 bits per heavy atom. The average Bonchev–Trinajstić information content (AvgIpc) is 3.44. The molecule has 1 aliphatic heterocycles. The van der Waals surface area contributed by atoms with Crippen LogP contribution in [0, 0.1) is 0 Å². The highest BCUT2D eigenvalue weighted by Gasteiger charge is 2.26. The fraction of sp³-hybridized carbons (Fsp3) is 0.294. The second kappa shape index (κ2) is 14.0. The first-order valence-corrected chi connectivity index (χ1v) is 15.0. The van der Waals surface area contributed by atoms with E-state index in [-0.39, 0.29) is 24.3 Å². The molecule has 0 bridgehead atoms. The van der Waals surface area contributed by atoms with Gasteiger partial charge in [-0.05, 0) is 69.0 Å². The van der Waals surface area contributed by atoms with E-state index in [0.29, 0.717) is 36.4 Å². The van der Waals surface area contributed by atoms with Crippen LogP contribution >= 0.6 is 0 Å². The van der Waals surface area contributed by atoms with Crippen molar-refractivity contribution in [2.75, 3.05) is 61.9 Å². The number of nitrogens with one attached hydrogen (secondary N) is 2. The second-order valence-electron chi connectivity index (χ2n) is 11.0. The highest BCUT2D eigenvalue weighted by Crippen LogP contribution is 2.33. The molecule has 0 atom stereocenters. The topological polar surface area (TPSA) is 103 Å². The number of aryl methyl sites for hydroxylation is 1. The number of carbonyl (C=O) groups excluding carboxylic acids is 3. The summed E-state index contributed by atoms with van der Waals surface area (Å²) in [7, 11) is 3.94. The van der Waals surface area contributed by atoms with Gasteiger partial charge in [0.15, 0.2) is 0 Å². The molecule has 0 saturated carbocycles. The standard InChI is InChI=1S/C34H39N7O3/c1-4-31-35-19-23-40(31)28-11-6-5-10-27(28)33(43)37-26-16-14-25(15-17-26)34(44)41-21-9-20-39(29-12-7-8-13-30(29)41)24-32(42)36-18-22-38(2)3/h5-8,10-17,19,23H,4,9,18,20-22,24H2,1-3H3,(H,36,42)(H,37,43). The van der Waals surface area contributed by atoms with E-state index < -0.39 is 0 Å². The molecule has 5 rings (SSSR count). The van der Waals surface area contributed by atoms with Gasteiger partial charge >= 0.3 is 0 Å². The molecule has 3 amide bonds. The van der Waals surface area contributed by atoms with E-state index in [1.54, 1.807) is 41.4 Å². The number of anilines is 3. The van der Waals surface area contributed by atoms with Gasteiger partial charge in [0.2, 0.25) is 5.91 Å². The molecule has 2 N–H and O–H groups in total. The summed E-state index contributed by atoms with van der Waals surface area (Å²) in [5.74, 6) is 0.444. The number of likely N-dealkylation sites (N-methyl/N-ethyl adjacent to an activating group) is 1. The van der Waals surface area contributed by atoms with Gasteiger partial charge in [-0.1, -0.05) is 31.2 Å². The number of rotatable bonds is 10. The van der Waals surface area contributed by atoms with Crippen LogP contribution in [0.1, 0.15) is 39.9 Å². The van der Waals surface area contributed by atoms with Gasteiger partial charge in [0.1, 0.15) is 5.82 Å². The molecule has 0 saturated heterocycles. The minimum atomic E-state index is -0.247. The molecule has 44 heavy (non-hydrogen) atoms. The molecule has 0 radical (unpaired) electrons. The first-order chi connectivity index (χ1) is 21.4. The quantitative estimate of drug-likeness (QED) is 0.286. The lowest BCUT2D eigenvalue weighted by Crippen LogP contribution is -2.40. The van der Waals surface area contributed by atoms with Crippen molar-refractivity contribution in [3.63, 3.8) is 0 Å². The minimum absolute atomic E-state index is 0.0440. The van der Waals surface area contributed by atoms with Gasteiger partial charge in [0.25, 0.3) is 11.8 Å². The fourth-order valence-electron chi connectivity index (χ4n) is 5.39. The lowest BCUT2D eigenvalue weighted by atomic mass is 10.1. The summed E-state index contributed by atoms with van der Waals surface area (Å²) >= 11 is 0. The first kappa shape index (κ1) is 30.5. The number of amides is 3. The van der Waals surface area contributed by atoms with Gasteiger partial charge in [-0.3, -0.25) is 14.4 Å². The lowest BCUT2D eigenvalue weighted by molar-refractivity contribution is -0.119. The van der Waals surface area contributed by atoms with Crippen molar-refractivity contribution in [2.45, 2.75) is 19.8 Å². The normalized spacial score (nSPS) is 12.9. The van der Waals surface area contributed by atoms with Crippen LogP contribution in [0.5, 0.6) is 0 Å². The van der Waals surface area contributed by atoms with Crippen molar-refractivity contribution in [2.24, 2.45) is 0 Å². The van der Waals surface area contributed by atoms with Crippen LogP contribution in [0.25, 0.3) is 5.69 Å². The van der Waals surface area contributed by atoms with Crippen LogP contribution in [-0.2, 0) is 11.2 Å². The molecule has 1 aliphatic rings. The third kappa shape index (κ3) is 6.98. The third-order valence-corrected chi connectivity index (χ3v) is 7.62. The molecule has 4 aromatic rings. The van der Waals surface area contributed by atoms with E-state index in [1.807, 2.05) is 84.0 Å². The van der Waals surface area contributed by atoms with Crippen LogP contribution in [-0.4, -0.2) is 79.0 Å². The maximum absolute atomic E-state index is 13.8. The van der Waals surface area contributed by atoms with Crippen LogP contribution in [0.2, 0.25) is 0 Å². The zero-order valence-electron chi connectivity index (χ0n) is 25.5. The van der Waals surface area contributed by atoms with Crippen molar-refractivity contribution in [3.05, 3.63) is 102 Å². The number of nitrogens with zero attached hydrogens (tertiary/aromatic N) is 5. The maximum Gasteiger partial charge on any atom is 0.258 e. The molecule has 2 heterocycles. The van der Waals surface area contributed by atoms with Crippen molar-refractivity contribution in [1.29, 1.82) is 0 Å². The zero-order chi connectivity index (χ0) is 31.1. The SMILES string of the molecule is CCc1nccn1-c1ccccc1C(=O)Nc1ccc(C(=O)N2CCCN(CC(=O)NCCN(C)C)c3ccccc32)cc1. The maximum atomic E-state index is 13.8. The van der Waals surface area contributed by atoms with Crippen LogP contribution in [0.15, 0.2) is 85.2 Å². The Morgan fingerprint density at radius 3 is 2.32 bits per heavy atom. The zero-order valence-corrected chi connectivity index (χ0v) is 25.5. The van der Waals surface area contributed by atoms with Crippen molar-refractivity contribution >= 4 is 34.8 Å². The number of carbonyl (C=O) groups is 3. The average molecular weight is 594 g/mol. The van der Waals surface area contributed by atoms with Crippen LogP contribution in [0.3, 0.4) is 0 Å². The number of hydrogen-bond acceptors (Lipinski definition) is 6. The molecule has 0 fully saturated rings. The van der Waals surface area contributed by atoms with E-state index in [9.17, 15) is 14.4 Å². The first-order valence-electron chi connectivity index (χ1n) is 15.0. The van der Waals surface area contributed by atoms with Gasteiger partial charge in [-0.25, -0.2) is 4.98 Å². The van der Waals surface area contributed by atoms with E-state index in [2.05, 4.69) is 15.6 Å². The summed E-state index contributed by atoms with van der Waals surface area (Å²) in [6.45, 7) is 4.79. The summed E-state index contributed by atoms with van der Waals surface area (Å²) in [6, 6.07) is 22.1. The highest BCUT2D eigenvalue weighted by molar-refractivity contribution is 6.09. The van der Waals surface area contributed by atoms with Crippen LogP contribution < -0.4 is 20.4 Å². The Morgan fingerprint density at radius 2 is 1.59 bits per heavy atom. The minimum Gasteiger partial charge on any atom is -0.360 e. The summed E-state index contributed by atoms with van der Waals surface area (Å²) in [6.07, 6.45) is 5.04. The molecule has 0 aliphatic carbocycles. The van der Waals surface area contributed by atoms with E-state index in [1.165, 1.54) is 0 Å². The Labute approximate surface area is 258 Å². The third-order valence-electron chi connectivity index (χ3n) is 7.62. The van der Waals surface area contributed by atoms with Gasteiger partial charge in [0, 0.05) is 56.2 Å². The molecule has 3 aromatic carbocycles. The predicted molar refractivity (Wildman–Crippen MR) is 174 cm³/mol.